The molecule has 0 saturated carbocycles. The van der Waals surface area contributed by atoms with E-state index in [1.807, 2.05) is 0 Å². The lowest BCUT2D eigenvalue weighted by atomic mass is 10.2. The fourth-order valence-electron chi connectivity index (χ4n) is 3.62. The fourth-order valence-corrected chi connectivity index (χ4v) is 3.81. The highest BCUT2D eigenvalue weighted by Crippen LogP contribution is 2.33. The van der Waals surface area contributed by atoms with E-state index in [-0.39, 0.29) is 29.7 Å². The largest absolute Gasteiger partial charge is 0.455 e. The van der Waals surface area contributed by atoms with Crippen LogP contribution in [-0.2, 0) is 0 Å². The van der Waals surface area contributed by atoms with Crippen molar-refractivity contribution in [2.75, 3.05) is 16.3 Å². The van der Waals surface area contributed by atoms with Crippen molar-refractivity contribution >= 4 is 40.4 Å². The summed E-state index contributed by atoms with van der Waals surface area (Å²) in [5.41, 5.74) is -0.237. The average Bonchev–Trinajstić information content (AvgIpc) is 3.37. The number of rotatable bonds is 8. The SMILES string of the molecule is C[C@H](CO)Nc1n[nH]c2nccc(Oc3ccc(N(Cl)C(=O)c4ccnn(-c5ccc(F)cc5)c4=O)nc3)c12. The zero-order chi connectivity index (χ0) is 27.5. The van der Waals surface area contributed by atoms with Gasteiger partial charge in [-0.1, -0.05) is 0 Å². The average molecular weight is 551 g/mol. The van der Waals surface area contributed by atoms with Crippen molar-refractivity contribution in [1.82, 2.24) is 29.9 Å². The number of aromatic amines is 1. The normalized spacial score (nSPS) is 11.8. The molecular weight excluding hydrogens is 531 g/mol. The Balaban J connectivity index is 1.36. The summed E-state index contributed by atoms with van der Waals surface area (Å²) in [6.07, 6.45) is 4.17. The van der Waals surface area contributed by atoms with Gasteiger partial charge in [-0.15, -0.1) is 0 Å². The molecular formula is C25H20ClFN8O4. The zero-order valence-corrected chi connectivity index (χ0v) is 21.0. The number of halogens is 2. The molecule has 0 radical (unpaired) electrons. The van der Waals surface area contributed by atoms with E-state index in [0.717, 1.165) is 4.68 Å². The van der Waals surface area contributed by atoms with Gasteiger partial charge in [0.05, 0.1) is 18.5 Å². The van der Waals surface area contributed by atoms with E-state index in [0.29, 0.717) is 32.8 Å². The smallest absolute Gasteiger partial charge is 0.284 e. The molecule has 0 aliphatic rings. The number of amides is 1. The molecule has 4 heterocycles. The number of carbonyl (C=O) groups excluding carboxylic acids is 1. The number of carbonyl (C=O) groups is 1. The molecule has 0 fully saturated rings. The Hall–Kier alpha value is -4.88. The van der Waals surface area contributed by atoms with Gasteiger partial charge in [0.25, 0.3) is 11.5 Å². The minimum atomic E-state index is -0.830. The maximum atomic E-state index is 13.3. The topological polar surface area (TPSA) is 151 Å². The number of aromatic nitrogens is 6. The maximum Gasteiger partial charge on any atom is 0.284 e. The van der Waals surface area contributed by atoms with Gasteiger partial charge in [0, 0.05) is 36.3 Å². The molecule has 39 heavy (non-hydrogen) atoms. The number of nitrogens with zero attached hydrogens (tertiary/aromatic N) is 6. The van der Waals surface area contributed by atoms with Gasteiger partial charge >= 0.3 is 0 Å². The molecule has 198 valence electrons. The van der Waals surface area contributed by atoms with Gasteiger partial charge in [0.15, 0.2) is 17.3 Å². The van der Waals surface area contributed by atoms with E-state index >= 15 is 0 Å². The Kier molecular flexibility index (Phi) is 7.17. The zero-order valence-electron chi connectivity index (χ0n) is 20.2. The molecule has 1 atom stereocenters. The van der Waals surface area contributed by atoms with Crippen molar-refractivity contribution in [3.05, 3.63) is 88.9 Å². The van der Waals surface area contributed by atoms with Crippen LogP contribution in [0.25, 0.3) is 16.7 Å². The number of benzene rings is 1. The standard InChI is InChI=1S/C25H20ClFN8O4/c1-14(13-36)31-23-21-19(9-10-28-22(21)32-33-23)39-17-6-7-20(29-12-17)34(26)24(37)18-8-11-30-35(25(18)38)16-4-2-15(27)3-5-16/h2-12,14,36H,13H2,1H3,(H2,28,31,32,33)/t14-/m1/s1. The van der Waals surface area contributed by atoms with Crippen LogP contribution in [0.15, 0.2) is 71.9 Å². The highest BCUT2D eigenvalue weighted by molar-refractivity contribution is 6.38. The minimum Gasteiger partial charge on any atom is -0.455 e. The van der Waals surface area contributed by atoms with E-state index < -0.39 is 17.3 Å². The summed E-state index contributed by atoms with van der Waals surface area (Å²) in [6.45, 7) is 1.70. The molecule has 5 aromatic rings. The maximum absolute atomic E-state index is 13.3. The Morgan fingerprint density at radius 2 is 1.97 bits per heavy atom. The summed E-state index contributed by atoms with van der Waals surface area (Å²) in [6, 6.07) is 10.7. The molecule has 0 spiro atoms. The third-order valence-electron chi connectivity index (χ3n) is 5.56. The van der Waals surface area contributed by atoms with Crippen molar-refractivity contribution in [3.8, 4) is 17.2 Å². The molecule has 0 aliphatic carbocycles. The lowest BCUT2D eigenvalue weighted by Crippen LogP contribution is -2.32. The predicted octanol–water partition coefficient (Wildman–Crippen LogP) is 3.42. The van der Waals surface area contributed by atoms with Crippen molar-refractivity contribution < 1.29 is 19.0 Å². The van der Waals surface area contributed by atoms with Gasteiger partial charge in [0.2, 0.25) is 0 Å². The van der Waals surface area contributed by atoms with E-state index in [1.165, 1.54) is 48.8 Å². The number of aliphatic hydroxyl groups is 1. The molecule has 14 heteroatoms. The van der Waals surface area contributed by atoms with Crippen LogP contribution in [-0.4, -0.2) is 53.6 Å². The molecule has 3 N–H and O–H groups in total. The summed E-state index contributed by atoms with van der Waals surface area (Å²) in [5.74, 6) is -0.0529. The van der Waals surface area contributed by atoms with Gasteiger partial charge in [0.1, 0.15) is 28.3 Å². The van der Waals surface area contributed by atoms with E-state index in [9.17, 15) is 19.1 Å². The molecule has 0 saturated heterocycles. The lowest BCUT2D eigenvalue weighted by Gasteiger charge is -2.14. The van der Waals surface area contributed by atoms with Crippen molar-refractivity contribution in [1.29, 1.82) is 0 Å². The number of hydrogen-bond donors (Lipinski definition) is 3. The molecule has 12 nitrogen and oxygen atoms in total. The third-order valence-corrected chi connectivity index (χ3v) is 5.88. The number of aliphatic hydroxyl groups excluding tert-OH is 1. The Labute approximate surface area is 224 Å². The summed E-state index contributed by atoms with van der Waals surface area (Å²) in [5, 5.41) is 24.0. The summed E-state index contributed by atoms with van der Waals surface area (Å²) in [4.78, 5) is 34.4. The number of hydrogen-bond acceptors (Lipinski definition) is 9. The van der Waals surface area contributed by atoms with Crippen molar-refractivity contribution in [3.63, 3.8) is 0 Å². The molecule has 0 unspecified atom stereocenters. The second kappa shape index (κ2) is 10.8. The van der Waals surface area contributed by atoms with Gasteiger partial charge < -0.3 is 15.2 Å². The summed E-state index contributed by atoms with van der Waals surface area (Å²) < 4.78 is 20.9. The highest BCUT2D eigenvalue weighted by Gasteiger charge is 2.22. The van der Waals surface area contributed by atoms with Crippen molar-refractivity contribution in [2.24, 2.45) is 0 Å². The molecule has 1 aromatic carbocycles. The molecule has 5 rings (SSSR count). The van der Waals surface area contributed by atoms with Gasteiger partial charge in [-0.2, -0.15) is 19.3 Å². The molecule has 1 amide bonds. The molecule has 0 bridgehead atoms. The number of ether oxygens (including phenoxy) is 1. The first-order valence-electron chi connectivity index (χ1n) is 11.5. The van der Waals surface area contributed by atoms with Gasteiger partial charge in [-0.3, -0.25) is 14.7 Å². The van der Waals surface area contributed by atoms with Crippen LogP contribution in [0.3, 0.4) is 0 Å². The Morgan fingerprint density at radius 1 is 1.18 bits per heavy atom. The van der Waals surface area contributed by atoms with Crippen LogP contribution >= 0.6 is 11.8 Å². The van der Waals surface area contributed by atoms with Crippen LogP contribution in [0.2, 0.25) is 0 Å². The number of fused-ring (bicyclic) bond motifs is 1. The monoisotopic (exact) mass is 550 g/mol. The second-order valence-corrected chi connectivity index (χ2v) is 8.65. The first kappa shape index (κ1) is 25.8. The molecule has 4 aromatic heterocycles. The van der Waals surface area contributed by atoms with Crippen LogP contribution in [0.4, 0.5) is 16.0 Å². The second-order valence-electron chi connectivity index (χ2n) is 8.31. The van der Waals surface area contributed by atoms with Crippen LogP contribution in [0.1, 0.15) is 17.3 Å². The predicted molar refractivity (Wildman–Crippen MR) is 141 cm³/mol. The first-order valence-corrected chi connectivity index (χ1v) is 11.9. The van der Waals surface area contributed by atoms with Crippen LogP contribution in [0.5, 0.6) is 11.5 Å². The number of anilines is 2. The number of H-pyrrole nitrogens is 1. The fraction of sp³-hybridized carbons (Fsp3) is 0.120. The minimum absolute atomic E-state index is 0.0425. The van der Waals surface area contributed by atoms with Crippen LogP contribution in [0, 0.1) is 5.82 Å². The first-order chi connectivity index (χ1) is 18.9. The third kappa shape index (κ3) is 5.26. The van der Waals surface area contributed by atoms with Crippen molar-refractivity contribution in [2.45, 2.75) is 13.0 Å². The Bertz CT molecular complexity index is 1690. The quantitative estimate of drug-likeness (QED) is 0.247. The van der Waals surface area contributed by atoms with E-state index in [1.54, 1.807) is 25.3 Å². The number of nitrogens with one attached hydrogen (secondary N) is 2. The molecule has 0 aliphatic heterocycles. The Morgan fingerprint density at radius 3 is 2.69 bits per heavy atom. The van der Waals surface area contributed by atoms with E-state index in [2.05, 4.69) is 30.6 Å². The summed E-state index contributed by atoms with van der Waals surface area (Å²) in [7, 11) is 0. The lowest BCUT2D eigenvalue weighted by molar-refractivity contribution is 0.100. The van der Waals surface area contributed by atoms with Gasteiger partial charge in [-0.25, -0.2) is 14.4 Å². The van der Waals surface area contributed by atoms with E-state index in [4.69, 9.17) is 16.5 Å². The highest BCUT2D eigenvalue weighted by atomic mass is 35.5. The summed E-state index contributed by atoms with van der Waals surface area (Å²) >= 11 is 6.25. The van der Waals surface area contributed by atoms with Gasteiger partial charge in [-0.05, 0) is 49.4 Å². The van der Waals surface area contributed by atoms with Crippen LogP contribution < -0.4 is 20.0 Å². The number of pyridine rings is 2.